The molecule has 2 aromatic rings. The summed E-state index contributed by atoms with van der Waals surface area (Å²) in [5.41, 5.74) is 3.56. The summed E-state index contributed by atoms with van der Waals surface area (Å²) >= 11 is 12.2. The van der Waals surface area contributed by atoms with E-state index in [1.54, 1.807) is 24.3 Å². The minimum Gasteiger partial charge on any atom is -0.302 e. The van der Waals surface area contributed by atoms with Gasteiger partial charge in [-0.25, -0.2) is 4.39 Å². The van der Waals surface area contributed by atoms with E-state index < -0.39 is 17.8 Å². The fourth-order valence-corrected chi connectivity index (χ4v) is 5.71. The van der Waals surface area contributed by atoms with Gasteiger partial charge in [0.25, 0.3) is 0 Å². The Morgan fingerprint density at radius 1 is 1.14 bits per heavy atom. The van der Waals surface area contributed by atoms with Crippen LogP contribution < -0.4 is 10.8 Å². The third-order valence-corrected chi connectivity index (χ3v) is 7.03. The van der Waals surface area contributed by atoms with E-state index in [9.17, 15) is 10.0 Å². The average Bonchev–Trinajstić information content (AvgIpc) is 3.03. The Bertz CT molecular complexity index is 918. The molecule has 0 aromatic heterocycles. The van der Waals surface area contributed by atoms with Crippen LogP contribution in [0.1, 0.15) is 55.1 Å². The molecule has 1 saturated carbocycles. The zero-order valence-corrected chi connectivity index (χ0v) is 17.3. The third-order valence-electron chi connectivity index (χ3n) is 6.50. The summed E-state index contributed by atoms with van der Waals surface area (Å²) in [5.74, 6) is -1.20. The Hall–Kier alpha value is -1.66. The number of halogens is 3. The second-order valence-corrected chi connectivity index (χ2v) is 8.86. The molecule has 1 heterocycles. The van der Waals surface area contributed by atoms with Crippen molar-refractivity contribution in [2.75, 3.05) is 5.48 Å². The molecule has 0 bridgehead atoms. The Morgan fingerprint density at radius 2 is 1.90 bits per heavy atom. The van der Waals surface area contributed by atoms with Crippen molar-refractivity contribution >= 4 is 35.2 Å². The molecule has 2 fully saturated rings. The predicted octanol–water partition coefficient (Wildman–Crippen LogP) is 5.67. The van der Waals surface area contributed by atoms with Crippen molar-refractivity contribution in [1.82, 2.24) is 5.32 Å². The number of rotatable bonds is 4. The summed E-state index contributed by atoms with van der Waals surface area (Å²) in [4.78, 5) is 12.1. The normalized spacial score (nSPS) is 25.9. The molecule has 0 radical (unpaired) electrons. The van der Waals surface area contributed by atoms with Gasteiger partial charge in [0.1, 0.15) is 12.1 Å². The molecule has 154 valence electrons. The van der Waals surface area contributed by atoms with E-state index in [4.69, 9.17) is 23.2 Å². The Labute approximate surface area is 179 Å². The number of aldehydes is 1. The highest BCUT2D eigenvalue weighted by Gasteiger charge is 2.55. The van der Waals surface area contributed by atoms with Crippen LogP contribution in [0.3, 0.4) is 0 Å². The number of anilines is 1. The van der Waals surface area contributed by atoms with E-state index in [1.807, 2.05) is 6.07 Å². The van der Waals surface area contributed by atoms with Crippen molar-refractivity contribution in [1.29, 1.82) is 0 Å². The maximum atomic E-state index is 15.1. The number of nitrogens with one attached hydrogen (secondary N) is 2. The zero-order valence-electron chi connectivity index (χ0n) is 15.8. The predicted molar refractivity (Wildman–Crippen MR) is 113 cm³/mol. The fourth-order valence-electron chi connectivity index (χ4n) is 5.36. The van der Waals surface area contributed by atoms with Crippen LogP contribution in [0, 0.1) is 5.82 Å². The van der Waals surface area contributed by atoms with Gasteiger partial charge in [0, 0.05) is 22.4 Å². The Morgan fingerprint density at radius 3 is 2.59 bits per heavy atom. The maximum Gasteiger partial charge on any atom is 0.145 e. The van der Waals surface area contributed by atoms with Crippen molar-refractivity contribution in [3.05, 3.63) is 63.4 Å². The van der Waals surface area contributed by atoms with Crippen LogP contribution in [0.25, 0.3) is 0 Å². The molecule has 1 aliphatic heterocycles. The van der Waals surface area contributed by atoms with Crippen molar-refractivity contribution in [3.63, 3.8) is 0 Å². The van der Waals surface area contributed by atoms with Crippen LogP contribution in [0.5, 0.6) is 0 Å². The van der Waals surface area contributed by atoms with Crippen LogP contribution in [0.4, 0.5) is 10.1 Å². The second-order valence-electron chi connectivity index (χ2n) is 8.01. The molecule has 1 aliphatic carbocycles. The number of hydrogen-bond acceptors (Lipinski definition) is 4. The standard InChI is InChI=1S/C22H23Cl2FN2O2/c23-13-7-8-14(17(11-13)27-29)20-19(15-5-4-6-16(24)21(15)25)18(12-28)26-22(20)9-2-1-3-10-22/h4-8,11-12,18-20,26-27,29H,1-3,9-10H2/t18?,19-,20?/m0/s1. The lowest BCUT2D eigenvalue weighted by atomic mass is 9.66. The minimum atomic E-state index is -0.562. The van der Waals surface area contributed by atoms with Gasteiger partial charge in [-0.2, -0.15) is 0 Å². The smallest absolute Gasteiger partial charge is 0.145 e. The SMILES string of the molecule is O=CC1NC2(CCCCC2)C(c2ccc(Cl)cc2NO)[C@H]1c1cccc(Cl)c1F. The van der Waals surface area contributed by atoms with Crippen molar-refractivity contribution < 1.29 is 14.4 Å². The summed E-state index contributed by atoms with van der Waals surface area (Å²) in [6.07, 6.45) is 5.78. The molecule has 2 unspecified atom stereocenters. The van der Waals surface area contributed by atoms with Crippen LogP contribution in [0.15, 0.2) is 36.4 Å². The summed E-state index contributed by atoms with van der Waals surface area (Å²) in [6.45, 7) is 0. The van der Waals surface area contributed by atoms with Gasteiger partial charge in [0.05, 0.1) is 16.8 Å². The first-order valence-corrected chi connectivity index (χ1v) is 10.6. The fraction of sp³-hybridized carbons (Fsp3) is 0.409. The van der Waals surface area contributed by atoms with Crippen molar-refractivity contribution in [2.24, 2.45) is 0 Å². The molecule has 7 heteroatoms. The zero-order chi connectivity index (χ0) is 20.6. The van der Waals surface area contributed by atoms with Gasteiger partial charge >= 0.3 is 0 Å². The monoisotopic (exact) mass is 436 g/mol. The van der Waals surface area contributed by atoms with Gasteiger partial charge in [0.2, 0.25) is 0 Å². The molecule has 3 atom stereocenters. The molecule has 2 aliphatic rings. The van der Waals surface area contributed by atoms with E-state index in [1.165, 1.54) is 6.07 Å². The van der Waals surface area contributed by atoms with E-state index in [0.29, 0.717) is 16.3 Å². The van der Waals surface area contributed by atoms with Crippen LogP contribution in [-0.2, 0) is 4.79 Å². The van der Waals surface area contributed by atoms with E-state index in [0.717, 1.165) is 44.0 Å². The molecule has 0 amide bonds. The topological polar surface area (TPSA) is 61.4 Å². The second kappa shape index (κ2) is 8.23. The summed E-state index contributed by atoms with van der Waals surface area (Å²) < 4.78 is 15.1. The highest BCUT2D eigenvalue weighted by Crippen LogP contribution is 2.55. The van der Waals surface area contributed by atoms with Gasteiger partial charge in [0.15, 0.2) is 0 Å². The van der Waals surface area contributed by atoms with Gasteiger partial charge in [-0.3, -0.25) is 10.7 Å². The summed E-state index contributed by atoms with van der Waals surface area (Å²) in [7, 11) is 0. The molecule has 2 aromatic carbocycles. The highest BCUT2D eigenvalue weighted by atomic mass is 35.5. The maximum absolute atomic E-state index is 15.1. The molecule has 1 saturated heterocycles. The molecule has 4 nitrogen and oxygen atoms in total. The van der Waals surface area contributed by atoms with E-state index >= 15 is 4.39 Å². The van der Waals surface area contributed by atoms with E-state index in [2.05, 4.69) is 10.8 Å². The number of carbonyl (C=O) groups is 1. The Kier molecular flexibility index (Phi) is 5.85. The third kappa shape index (κ3) is 3.55. The average molecular weight is 437 g/mol. The van der Waals surface area contributed by atoms with Gasteiger partial charge in [-0.15, -0.1) is 0 Å². The molecule has 29 heavy (non-hydrogen) atoms. The van der Waals surface area contributed by atoms with Crippen LogP contribution in [-0.4, -0.2) is 23.1 Å². The van der Waals surface area contributed by atoms with Crippen LogP contribution >= 0.6 is 23.2 Å². The first-order chi connectivity index (χ1) is 14.0. The summed E-state index contributed by atoms with van der Waals surface area (Å²) in [5, 5.41) is 13.8. The largest absolute Gasteiger partial charge is 0.302 e. The van der Waals surface area contributed by atoms with Crippen molar-refractivity contribution in [2.45, 2.75) is 55.5 Å². The quantitative estimate of drug-likeness (QED) is 0.426. The summed E-state index contributed by atoms with van der Waals surface area (Å²) in [6, 6.07) is 9.60. The lowest BCUT2D eigenvalue weighted by Gasteiger charge is -2.41. The molecule has 4 rings (SSSR count). The van der Waals surface area contributed by atoms with Gasteiger partial charge in [-0.05, 0) is 42.2 Å². The number of carbonyl (C=O) groups excluding carboxylic acids is 1. The first kappa shape index (κ1) is 20.6. The Balaban J connectivity index is 1.93. The molecular weight excluding hydrogens is 414 g/mol. The molecule has 3 N–H and O–H groups in total. The van der Waals surface area contributed by atoms with E-state index in [-0.39, 0.29) is 16.5 Å². The van der Waals surface area contributed by atoms with Crippen LogP contribution in [0.2, 0.25) is 10.0 Å². The van der Waals surface area contributed by atoms with Crippen molar-refractivity contribution in [3.8, 4) is 0 Å². The lowest BCUT2D eigenvalue weighted by Crippen LogP contribution is -2.48. The van der Waals surface area contributed by atoms with Gasteiger partial charge < -0.3 is 10.1 Å². The lowest BCUT2D eigenvalue weighted by molar-refractivity contribution is -0.109. The first-order valence-electron chi connectivity index (χ1n) is 9.87. The number of benzene rings is 2. The van der Waals surface area contributed by atoms with Gasteiger partial charge in [-0.1, -0.05) is 60.7 Å². The molecule has 1 spiro atoms. The molecular formula is C22H23Cl2FN2O2. The minimum absolute atomic E-state index is 0.0344. The highest BCUT2D eigenvalue weighted by molar-refractivity contribution is 6.31. The number of hydrogen-bond donors (Lipinski definition) is 3.